The molecule has 134 valence electrons. The third kappa shape index (κ3) is 4.89. The second-order valence-corrected chi connectivity index (χ2v) is 7.91. The minimum Gasteiger partial charge on any atom is -0.481 e. The summed E-state index contributed by atoms with van der Waals surface area (Å²) in [4.78, 5) is 23.4. The van der Waals surface area contributed by atoms with Crippen LogP contribution in [0.3, 0.4) is 0 Å². The number of carboxylic acids is 1. The van der Waals surface area contributed by atoms with E-state index in [-0.39, 0.29) is 4.48 Å². The summed E-state index contributed by atoms with van der Waals surface area (Å²) in [6, 6.07) is 7.08. The zero-order valence-corrected chi connectivity index (χ0v) is 15.5. The Bertz CT molecular complexity index is 586. The monoisotopic (exact) mass is 336 g/mol. The van der Waals surface area contributed by atoms with Crippen LogP contribution in [0.4, 0.5) is 0 Å². The van der Waals surface area contributed by atoms with E-state index in [1.165, 1.54) is 12.5 Å². The number of ketones is 1. The molecule has 0 aromatic heterocycles. The number of Topliss-reactive ketones (excluding diaryl/α,β-unsaturated/α-hetero) is 1. The summed E-state index contributed by atoms with van der Waals surface area (Å²) in [6.07, 6.45) is 0.331. The molecule has 0 aliphatic rings. The molecule has 0 bridgehead atoms. The molecule has 0 saturated heterocycles. The van der Waals surface area contributed by atoms with Crippen LogP contribution in [0.15, 0.2) is 24.3 Å². The van der Waals surface area contributed by atoms with Crippen LogP contribution in [-0.4, -0.2) is 53.2 Å². The lowest BCUT2D eigenvalue weighted by Gasteiger charge is -2.42. The molecule has 0 spiro atoms. The molecule has 1 rings (SSSR count). The maximum atomic E-state index is 12.2. The smallest absolute Gasteiger partial charge is 0.307 e. The van der Waals surface area contributed by atoms with Gasteiger partial charge in [-0.15, -0.1) is 0 Å². The van der Waals surface area contributed by atoms with Crippen molar-refractivity contribution >= 4 is 11.8 Å². The fraction of sp³-hybridized carbons (Fsp3) is 0.579. The third-order valence-electron chi connectivity index (χ3n) is 4.20. The lowest BCUT2D eigenvalue weighted by atomic mass is 9.80. The summed E-state index contributed by atoms with van der Waals surface area (Å²) in [7, 11) is 5.55. The van der Waals surface area contributed by atoms with E-state index >= 15 is 0 Å². The standard InChI is InChI=1S/C19H29NO4/c1-13(2)11-15-7-9-16(10-8-15)18(20(4,5)6)19(24,14(3)21)12-17(22)23/h7-10,13,18,24H,11-12H2,1-6H3/p+1. The van der Waals surface area contributed by atoms with Gasteiger partial charge in [-0.3, -0.25) is 9.59 Å². The van der Waals surface area contributed by atoms with Crippen molar-refractivity contribution in [1.29, 1.82) is 0 Å². The van der Waals surface area contributed by atoms with Crippen LogP contribution in [0.1, 0.15) is 44.4 Å². The molecule has 0 aliphatic heterocycles. The minimum absolute atomic E-state index is 0.243. The molecule has 2 N–H and O–H groups in total. The highest BCUT2D eigenvalue weighted by atomic mass is 16.4. The van der Waals surface area contributed by atoms with Crippen LogP contribution in [0.2, 0.25) is 0 Å². The molecule has 2 atom stereocenters. The summed E-state index contributed by atoms with van der Waals surface area (Å²) >= 11 is 0. The SMILES string of the molecule is CC(=O)C(O)(CC(=O)O)C(c1ccc(CC(C)C)cc1)[N+](C)(C)C. The third-order valence-corrected chi connectivity index (χ3v) is 4.20. The number of aliphatic carboxylic acids is 1. The largest absolute Gasteiger partial charge is 0.481 e. The average Bonchev–Trinajstić information content (AvgIpc) is 2.37. The molecule has 1 aromatic carbocycles. The van der Waals surface area contributed by atoms with Crippen molar-refractivity contribution in [1.82, 2.24) is 0 Å². The van der Waals surface area contributed by atoms with Crippen molar-refractivity contribution in [3.8, 4) is 0 Å². The van der Waals surface area contributed by atoms with Gasteiger partial charge in [0, 0.05) is 5.56 Å². The van der Waals surface area contributed by atoms with Crippen LogP contribution in [-0.2, 0) is 16.0 Å². The van der Waals surface area contributed by atoms with Gasteiger partial charge in [-0.25, -0.2) is 0 Å². The van der Waals surface area contributed by atoms with Crippen molar-refractivity contribution in [2.45, 2.75) is 45.3 Å². The zero-order valence-electron chi connectivity index (χ0n) is 15.5. The van der Waals surface area contributed by atoms with Gasteiger partial charge in [0.25, 0.3) is 0 Å². The number of aliphatic hydroxyl groups is 1. The molecule has 5 heteroatoms. The number of benzene rings is 1. The van der Waals surface area contributed by atoms with Crippen molar-refractivity contribution in [2.75, 3.05) is 21.1 Å². The number of quaternary nitrogens is 1. The zero-order chi connectivity index (χ0) is 18.7. The van der Waals surface area contributed by atoms with E-state index in [4.69, 9.17) is 0 Å². The first kappa shape index (κ1) is 20.3. The molecule has 0 radical (unpaired) electrons. The average molecular weight is 336 g/mol. The molecule has 2 unspecified atom stereocenters. The van der Waals surface area contributed by atoms with Gasteiger partial charge in [-0.05, 0) is 24.8 Å². The van der Waals surface area contributed by atoms with Crippen molar-refractivity contribution in [2.24, 2.45) is 5.92 Å². The molecular weight excluding hydrogens is 306 g/mol. The number of hydrogen-bond acceptors (Lipinski definition) is 3. The highest BCUT2D eigenvalue weighted by Gasteiger charge is 2.51. The molecule has 0 aliphatic carbocycles. The second kappa shape index (κ2) is 7.45. The first-order valence-electron chi connectivity index (χ1n) is 8.23. The van der Waals surface area contributed by atoms with Crippen LogP contribution in [0, 0.1) is 5.92 Å². The number of carbonyl (C=O) groups is 2. The summed E-state index contributed by atoms with van der Waals surface area (Å²) in [5.74, 6) is -1.19. The summed E-state index contributed by atoms with van der Waals surface area (Å²) < 4.78 is 0.243. The van der Waals surface area contributed by atoms with Crippen LogP contribution < -0.4 is 0 Å². The summed E-state index contributed by atoms with van der Waals surface area (Å²) in [5.41, 5.74) is -0.0172. The Morgan fingerprint density at radius 3 is 1.96 bits per heavy atom. The van der Waals surface area contributed by atoms with Gasteiger partial charge in [0.15, 0.2) is 17.4 Å². The fourth-order valence-corrected chi connectivity index (χ4v) is 3.32. The van der Waals surface area contributed by atoms with E-state index in [0.717, 1.165) is 12.0 Å². The van der Waals surface area contributed by atoms with E-state index in [0.29, 0.717) is 5.92 Å². The van der Waals surface area contributed by atoms with E-state index in [1.807, 2.05) is 45.4 Å². The Labute approximate surface area is 144 Å². The van der Waals surface area contributed by atoms with E-state index in [9.17, 15) is 19.8 Å². The van der Waals surface area contributed by atoms with Crippen molar-refractivity contribution < 1.29 is 24.3 Å². The minimum atomic E-state index is -1.95. The van der Waals surface area contributed by atoms with Gasteiger partial charge < -0.3 is 14.7 Å². The van der Waals surface area contributed by atoms with Crippen LogP contribution in [0.25, 0.3) is 0 Å². The Morgan fingerprint density at radius 1 is 1.12 bits per heavy atom. The van der Waals surface area contributed by atoms with E-state index < -0.39 is 29.8 Å². The Morgan fingerprint density at radius 2 is 1.62 bits per heavy atom. The second-order valence-electron chi connectivity index (χ2n) is 7.91. The molecule has 0 saturated carbocycles. The highest BCUT2D eigenvalue weighted by molar-refractivity contribution is 5.89. The molecule has 1 aromatic rings. The summed E-state index contributed by atoms with van der Waals surface area (Å²) in [5, 5.41) is 20.2. The quantitative estimate of drug-likeness (QED) is 0.715. The topological polar surface area (TPSA) is 74.6 Å². The van der Waals surface area contributed by atoms with Gasteiger partial charge in [0.05, 0.1) is 27.6 Å². The maximum Gasteiger partial charge on any atom is 0.307 e. The summed E-state index contributed by atoms with van der Waals surface area (Å²) in [6.45, 7) is 5.53. The van der Waals surface area contributed by atoms with Crippen molar-refractivity contribution in [3.63, 3.8) is 0 Å². The predicted octanol–water partition coefficient (Wildman–Crippen LogP) is 2.43. The Kier molecular flexibility index (Phi) is 6.31. The lowest BCUT2D eigenvalue weighted by Crippen LogP contribution is -2.56. The van der Waals surface area contributed by atoms with Gasteiger partial charge in [0.2, 0.25) is 0 Å². The number of rotatable bonds is 8. The van der Waals surface area contributed by atoms with E-state index in [1.54, 1.807) is 0 Å². The van der Waals surface area contributed by atoms with E-state index in [2.05, 4.69) is 13.8 Å². The number of hydrogen-bond donors (Lipinski definition) is 2. The molecule has 0 amide bonds. The molecule has 5 nitrogen and oxygen atoms in total. The van der Waals surface area contributed by atoms with Crippen LogP contribution in [0.5, 0.6) is 0 Å². The van der Waals surface area contributed by atoms with Gasteiger partial charge in [-0.2, -0.15) is 0 Å². The predicted molar refractivity (Wildman–Crippen MR) is 93.6 cm³/mol. The number of carbonyl (C=O) groups excluding carboxylic acids is 1. The molecular formula is C19H30NO4+. The van der Waals surface area contributed by atoms with Gasteiger partial charge >= 0.3 is 5.97 Å². The molecule has 0 fully saturated rings. The number of nitrogens with zero attached hydrogens (tertiary/aromatic N) is 1. The Hall–Kier alpha value is -1.72. The maximum absolute atomic E-state index is 12.2. The van der Waals surface area contributed by atoms with Crippen LogP contribution >= 0.6 is 0 Å². The van der Waals surface area contributed by atoms with Gasteiger partial charge in [0.1, 0.15) is 0 Å². The molecule has 0 heterocycles. The Balaban J connectivity index is 3.36. The highest BCUT2D eigenvalue weighted by Crippen LogP contribution is 2.37. The number of likely N-dealkylation sites (N-methyl/N-ethyl adjacent to an activating group) is 1. The first-order valence-corrected chi connectivity index (χ1v) is 8.23. The first-order chi connectivity index (χ1) is 10.9. The van der Waals surface area contributed by atoms with Crippen molar-refractivity contribution in [3.05, 3.63) is 35.4 Å². The molecule has 24 heavy (non-hydrogen) atoms. The van der Waals surface area contributed by atoms with Gasteiger partial charge in [-0.1, -0.05) is 38.1 Å². The number of carboxylic acid groups (broad SMARTS) is 1. The lowest BCUT2D eigenvalue weighted by molar-refractivity contribution is -0.908. The fourth-order valence-electron chi connectivity index (χ4n) is 3.32. The normalized spacial score (nSPS) is 15.8.